The van der Waals surface area contributed by atoms with Crippen LogP contribution in [0.1, 0.15) is 54.3 Å². The van der Waals surface area contributed by atoms with E-state index in [9.17, 15) is 44.1 Å². The number of carboxylic acids is 3. The van der Waals surface area contributed by atoms with Crippen molar-refractivity contribution in [3.05, 3.63) is 71.5 Å². The van der Waals surface area contributed by atoms with Crippen molar-refractivity contribution in [1.82, 2.24) is 35.5 Å². The minimum atomic E-state index is -1.30. The molecule has 2 aromatic heterocycles. The second-order valence-corrected chi connectivity index (χ2v) is 15.6. The number of benzene rings is 2. The second kappa shape index (κ2) is 17.1. The van der Waals surface area contributed by atoms with E-state index in [1.165, 1.54) is 53.1 Å². The zero-order chi connectivity index (χ0) is 42.6. The average Bonchev–Trinajstić information content (AvgIpc) is 3.43. The number of β-lactam (4-membered cyclic amide) rings is 1. The lowest BCUT2D eigenvalue weighted by atomic mass is 9.95. The van der Waals surface area contributed by atoms with E-state index in [4.69, 9.17) is 22.3 Å². The molecule has 0 saturated carbocycles. The number of aliphatic carboxylic acids is 3. The van der Waals surface area contributed by atoms with Gasteiger partial charge in [-0.05, 0) is 62.2 Å². The van der Waals surface area contributed by atoms with Crippen LogP contribution in [0.4, 0.5) is 17.5 Å². The molecule has 0 aliphatic carbocycles. The molecule has 2 aromatic carbocycles. The van der Waals surface area contributed by atoms with Gasteiger partial charge in [0.25, 0.3) is 5.91 Å². The molecule has 22 heteroatoms. The van der Waals surface area contributed by atoms with E-state index in [0.717, 1.165) is 5.69 Å². The van der Waals surface area contributed by atoms with Crippen LogP contribution in [0.5, 0.6) is 5.75 Å². The highest BCUT2D eigenvalue weighted by Gasteiger charge is 2.64. The molecule has 4 heterocycles. The summed E-state index contributed by atoms with van der Waals surface area (Å²) in [4.78, 5) is 90.2. The zero-order valence-electron chi connectivity index (χ0n) is 31.3. The Morgan fingerprint density at radius 3 is 2.24 bits per heavy atom. The SMILES string of the molecule is CC1(C)S[C@@H]2[C@H](NC(=O)[C@H](N)c3ccc(O)cc3)C(=O)N2[C@H]1C(=O)O.CN(Cc1cnc2nc(N)nc(N)c2n1)c1ccc(C(=O)N[C@@H](CCC(=O)O)C(=O)O)cc1. The summed E-state index contributed by atoms with van der Waals surface area (Å²) in [5.74, 6) is -4.85. The summed E-state index contributed by atoms with van der Waals surface area (Å²) in [6.07, 6.45) is 0.964. The zero-order valence-corrected chi connectivity index (χ0v) is 32.1. The van der Waals surface area contributed by atoms with Gasteiger partial charge in [0.05, 0.1) is 18.4 Å². The normalized spacial score (nSPS) is 18.7. The van der Waals surface area contributed by atoms with Crippen LogP contribution in [-0.2, 0) is 30.5 Å². The Balaban J connectivity index is 0.000000229. The molecule has 6 rings (SSSR count). The Morgan fingerprint density at radius 1 is 0.983 bits per heavy atom. The number of hydrogen-bond acceptors (Lipinski definition) is 16. The molecule has 21 nitrogen and oxygen atoms in total. The number of rotatable bonds is 13. The molecule has 0 unspecified atom stereocenters. The van der Waals surface area contributed by atoms with E-state index >= 15 is 0 Å². The monoisotopic (exact) mass is 819 g/mol. The van der Waals surface area contributed by atoms with Crippen molar-refractivity contribution in [2.75, 3.05) is 23.4 Å². The van der Waals surface area contributed by atoms with Gasteiger partial charge in [-0.25, -0.2) is 19.6 Å². The van der Waals surface area contributed by atoms with Crippen molar-refractivity contribution in [3.8, 4) is 5.75 Å². The number of anilines is 3. The van der Waals surface area contributed by atoms with Crippen molar-refractivity contribution in [2.45, 2.75) is 67.5 Å². The van der Waals surface area contributed by atoms with Gasteiger partial charge in [-0.1, -0.05) is 12.1 Å². The van der Waals surface area contributed by atoms with E-state index < -0.39 is 69.9 Å². The number of thioether (sulfide) groups is 1. The van der Waals surface area contributed by atoms with Gasteiger partial charge in [0.15, 0.2) is 17.0 Å². The lowest BCUT2D eigenvalue weighted by Crippen LogP contribution is -2.71. The molecule has 0 bridgehead atoms. The van der Waals surface area contributed by atoms with Gasteiger partial charge in [-0.2, -0.15) is 9.97 Å². The smallest absolute Gasteiger partial charge is 0.327 e. The molecule has 0 radical (unpaired) electrons. The van der Waals surface area contributed by atoms with Crippen LogP contribution in [0, 0.1) is 0 Å². The fraction of sp³-hybridized carbons (Fsp3) is 0.333. The van der Waals surface area contributed by atoms with E-state index in [-0.39, 0.29) is 35.9 Å². The lowest BCUT2D eigenvalue weighted by Gasteiger charge is -2.43. The maximum absolute atomic E-state index is 12.4. The number of amides is 3. The number of nitrogens with one attached hydrogen (secondary N) is 2. The molecule has 2 saturated heterocycles. The first-order chi connectivity index (χ1) is 27.3. The molecule has 4 aromatic rings. The number of phenols is 1. The maximum Gasteiger partial charge on any atom is 0.327 e. The predicted molar refractivity (Wildman–Crippen MR) is 209 cm³/mol. The number of carboxylic acid groups (broad SMARTS) is 3. The van der Waals surface area contributed by atoms with E-state index in [2.05, 4.69) is 30.6 Å². The van der Waals surface area contributed by atoms with Gasteiger partial charge in [0.2, 0.25) is 17.8 Å². The summed E-state index contributed by atoms with van der Waals surface area (Å²) in [7, 11) is 1.82. The van der Waals surface area contributed by atoms with Crippen LogP contribution in [0.25, 0.3) is 11.2 Å². The van der Waals surface area contributed by atoms with Crippen molar-refractivity contribution in [3.63, 3.8) is 0 Å². The van der Waals surface area contributed by atoms with Gasteiger partial charge >= 0.3 is 17.9 Å². The van der Waals surface area contributed by atoms with Crippen LogP contribution < -0.4 is 32.7 Å². The van der Waals surface area contributed by atoms with Crippen molar-refractivity contribution in [1.29, 1.82) is 0 Å². The van der Waals surface area contributed by atoms with Crippen molar-refractivity contribution >= 4 is 76.0 Å². The molecule has 12 N–H and O–H groups in total. The number of nitrogens with zero attached hydrogens (tertiary/aromatic N) is 6. The molecular formula is C36H41N11O10S. The molecule has 2 aliphatic rings. The van der Waals surface area contributed by atoms with Crippen LogP contribution >= 0.6 is 11.8 Å². The molecule has 58 heavy (non-hydrogen) atoms. The quantitative estimate of drug-likeness (QED) is 0.0819. The molecule has 3 amide bonds. The fourth-order valence-corrected chi connectivity index (χ4v) is 7.87. The van der Waals surface area contributed by atoms with Crippen LogP contribution in [0.15, 0.2) is 54.7 Å². The van der Waals surface area contributed by atoms with Crippen molar-refractivity contribution in [2.24, 2.45) is 5.73 Å². The molecule has 0 spiro atoms. The largest absolute Gasteiger partial charge is 0.508 e. The molecule has 2 aliphatic heterocycles. The summed E-state index contributed by atoms with van der Waals surface area (Å²) >= 11 is 1.35. The first-order valence-corrected chi connectivity index (χ1v) is 18.3. The fourth-order valence-electron chi connectivity index (χ4n) is 6.25. The number of nitrogen functional groups attached to an aromatic ring is 2. The Morgan fingerprint density at radius 2 is 1.64 bits per heavy atom. The summed E-state index contributed by atoms with van der Waals surface area (Å²) in [5.41, 5.74) is 20.1. The summed E-state index contributed by atoms with van der Waals surface area (Å²) in [6.45, 7) is 3.90. The number of hydrogen-bond donors (Lipinski definition) is 9. The Kier molecular flexibility index (Phi) is 12.5. The van der Waals surface area contributed by atoms with Crippen molar-refractivity contribution < 1.29 is 49.2 Å². The van der Waals surface area contributed by atoms with Gasteiger partial charge in [-0.3, -0.25) is 19.2 Å². The Bertz CT molecular complexity index is 2240. The molecule has 5 atom stereocenters. The highest BCUT2D eigenvalue weighted by molar-refractivity contribution is 8.01. The molecule has 2 fully saturated rings. The third kappa shape index (κ3) is 9.41. The summed E-state index contributed by atoms with van der Waals surface area (Å²) in [5, 5.41) is 41.1. The van der Waals surface area contributed by atoms with Gasteiger partial charge < -0.3 is 58.1 Å². The maximum atomic E-state index is 12.4. The first-order valence-electron chi connectivity index (χ1n) is 17.5. The number of nitrogens with two attached hydrogens (primary N) is 3. The second-order valence-electron chi connectivity index (χ2n) is 13.9. The van der Waals surface area contributed by atoms with Crippen LogP contribution in [0.2, 0.25) is 0 Å². The van der Waals surface area contributed by atoms with E-state index in [1.54, 1.807) is 32.2 Å². The standard InChI is InChI=1S/C20H22N8O5.C16H19N3O5S/c1-28(9-11-8-23-17-15(24-11)16(21)26-20(22)27-17)12-4-2-10(3-5-12)18(31)25-13(19(32)33)6-7-14(29)30;1-16(2)11(15(23)24)19-13(22)10(14(19)25-16)18-12(21)9(17)7-3-5-8(20)6-4-7/h2-5,8,13H,6-7,9H2,1H3,(H,25,31)(H,29,30)(H,32,33)(H4,21,22,23,26,27);3-6,9-11,14,20H,17H2,1-2H3,(H,18,21)(H,23,24)/t13-;9-,10-,11+,14-/m01/s1. The van der Waals surface area contributed by atoms with Gasteiger partial charge in [0, 0.05) is 29.5 Å². The predicted octanol–water partition coefficient (Wildman–Crippen LogP) is 0.292. The van der Waals surface area contributed by atoms with E-state index in [0.29, 0.717) is 29.0 Å². The number of carbonyl (C=O) groups excluding carboxylic acids is 3. The van der Waals surface area contributed by atoms with E-state index in [1.807, 2.05) is 11.9 Å². The van der Waals surface area contributed by atoms with Crippen LogP contribution in [-0.4, -0.2) is 116 Å². The molecule has 306 valence electrons. The highest BCUT2D eigenvalue weighted by atomic mass is 32.2. The van der Waals surface area contributed by atoms with Crippen LogP contribution in [0.3, 0.4) is 0 Å². The number of aromatic nitrogens is 4. The van der Waals surface area contributed by atoms with Gasteiger partial charge in [0.1, 0.15) is 35.3 Å². The lowest BCUT2D eigenvalue weighted by molar-refractivity contribution is -0.161. The third-order valence-corrected chi connectivity index (χ3v) is 10.8. The summed E-state index contributed by atoms with van der Waals surface area (Å²) in [6, 6.07) is 8.37. The third-order valence-electron chi connectivity index (χ3n) is 9.23. The minimum Gasteiger partial charge on any atom is -0.508 e. The Labute approximate surface area is 334 Å². The average molecular weight is 820 g/mol. The number of fused-ring (bicyclic) bond motifs is 2. The number of aromatic hydroxyl groups is 1. The first kappa shape index (κ1) is 42.3. The van der Waals surface area contributed by atoms with Gasteiger partial charge in [-0.15, -0.1) is 11.8 Å². The highest BCUT2D eigenvalue weighted by Crippen LogP contribution is 2.50. The molecular weight excluding hydrogens is 779 g/mol. The minimum absolute atomic E-state index is 0.0138. The number of carbonyl (C=O) groups is 6. The number of phenolic OH excluding ortho intramolecular Hbond substituents is 1. The Hall–Kier alpha value is -6.81. The topological polar surface area (TPSA) is 344 Å². The summed E-state index contributed by atoms with van der Waals surface area (Å²) < 4.78 is -0.648.